The molecule has 1 N–H and O–H groups in total. The third-order valence-corrected chi connectivity index (χ3v) is 4.34. The summed E-state index contributed by atoms with van der Waals surface area (Å²) in [5.74, 6) is 0.984. The minimum atomic E-state index is 0.678. The molecule has 0 amide bonds. The summed E-state index contributed by atoms with van der Waals surface area (Å²) in [6.45, 7) is 3.32. The van der Waals surface area contributed by atoms with Crippen LogP contribution in [0, 0.1) is 5.92 Å². The Morgan fingerprint density at radius 2 is 1.90 bits per heavy atom. The molecule has 0 atom stereocenters. The van der Waals surface area contributed by atoms with E-state index in [2.05, 4.69) is 55.5 Å². The molecule has 20 heavy (non-hydrogen) atoms. The van der Waals surface area contributed by atoms with Crippen LogP contribution in [0.1, 0.15) is 51.0 Å². The highest BCUT2D eigenvalue weighted by Crippen LogP contribution is 2.29. The second kappa shape index (κ2) is 7.68. The molecule has 0 saturated heterocycles. The van der Waals surface area contributed by atoms with E-state index in [1.807, 2.05) is 0 Å². The van der Waals surface area contributed by atoms with Gasteiger partial charge in [0, 0.05) is 18.3 Å². The molecular formula is C18H30N2. The predicted octanol–water partition coefficient (Wildman–Crippen LogP) is 4.52. The molecule has 1 aliphatic rings. The predicted molar refractivity (Wildman–Crippen MR) is 88.1 cm³/mol. The van der Waals surface area contributed by atoms with Crippen LogP contribution in [0.25, 0.3) is 0 Å². The van der Waals surface area contributed by atoms with Crippen molar-refractivity contribution >= 4 is 5.69 Å². The van der Waals surface area contributed by atoms with Crippen molar-refractivity contribution < 1.29 is 0 Å². The molecule has 0 aromatic heterocycles. The van der Waals surface area contributed by atoms with E-state index in [0.29, 0.717) is 6.04 Å². The Kier molecular flexibility index (Phi) is 5.90. The van der Waals surface area contributed by atoms with Crippen LogP contribution in [-0.4, -0.2) is 25.0 Å². The van der Waals surface area contributed by atoms with Crippen molar-refractivity contribution in [3.63, 3.8) is 0 Å². The lowest BCUT2D eigenvalue weighted by atomic mass is 9.83. The summed E-state index contributed by atoms with van der Waals surface area (Å²) in [6.07, 6.45) is 8.25. The first kappa shape index (κ1) is 15.4. The molecule has 0 heterocycles. The topological polar surface area (TPSA) is 15.3 Å². The standard InChI is InChI=1S/C18H30N2/c1-4-6-15-9-11-17(12-10-15)19-18-8-5-7-16(13-18)14-20(2)3/h5,7-8,13,15,17,19H,4,6,9-12,14H2,1-3H3. The highest BCUT2D eigenvalue weighted by Gasteiger charge is 2.20. The van der Waals surface area contributed by atoms with E-state index in [4.69, 9.17) is 0 Å². The van der Waals surface area contributed by atoms with Gasteiger partial charge in [-0.25, -0.2) is 0 Å². The highest BCUT2D eigenvalue weighted by atomic mass is 15.0. The zero-order chi connectivity index (χ0) is 14.4. The molecular weight excluding hydrogens is 244 g/mol. The van der Waals surface area contributed by atoms with Crippen LogP contribution in [0.3, 0.4) is 0 Å². The van der Waals surface area contributed by atoms with Gasteiger partial charge in [0.15, 0.2) is 0 Å². The van der Waals surface area contributed by atoms with E-state index >= 15 is 0 Å². The molecule has 1 aromatic carbocycles. The molecule has 1 aromatic rings. The van der Waals surface area contributed by atoms with Gasteiger partial charge in [-0.1, -0.05) is 31.9 Å². The number of anilines is 1. The molecule has 0 spiro atoms. The summed E-state index contributed by atoms with van der Waals surface area (Å²) >= 11 is 0. The minimum absolute atomic E-state index is 0.678. The summed E-state index contributed by atoms with van der Waals surface area (Å²) in [5, 5.41) is 3.74. The Balaban J connectivity index is 1.84. The number of rotatable bonds is 6. The lowest BCUT2D eigenvalue weighted by Gasteiger charge is -2.29. The molecule has 1 saturated carbocycles. The third kappa shape index (κ3) is 4.82. The van der Waals surface area contributed by atoms with Gasteiger partial charge in [0.2, 0.25) is 0 Å². The number of benzene rings is 1. The normalized spacial score (nSPS) is 23.0. The number of nitrogens with one attached hydrogen (secondary N) is 1. The molecule has 2 heteroatoms. The molecule has 1 fully saturated rings. The van der Waals surface area contributed by atoms with Gasteiger partial charge in [-0.15, -0.1) is 0 Å². The zero-order valence-corrected chi connectivity index (χ0v) is 13.4. The fourth-order valence-electron chi connectivity index (χ4n) is 3.36. The van der Waals surface area contributed by atoms with E-state index in [1.54, 1.807) is 0 Å². The molecule has 0 bridgehead atoms. The summed E-state index contributed by atoms with van der Waals surface area (Å²) in [6, 6.07) is 9.57. The van der Waals surface area contributed by atoms with E-state index < -0.39 is 0 Å². The van der Waals surface area contributed by atoms with Gasteiger partial charge in [-0.05, 0) is 63.4 Å². The summed E-state index contributed by atoms with van der Waals surface area (Å²) in [7, 11) is 4.24. The van der Waals surface area contributed by atoms with Gasteiger partial charge in [0.25, 0.3) is 0 Å². The van der Waals surface area contributed by atoms with E-state index in [0.717, 1.165) is 12.5 Å². The van der Waals surface area contributed by atoms with Gasteiger partial charge in [0.05, 0.1) is 0 Å². The SMILES string of the molecule is CCCC1CCC(Nc2cccc(CN(C)C)c2)CC1. The van der Waals surface area contributed by atoms with Gasteiger partial charge in [-0.2, -0.15) is 0 Å². The number of hydrogen-bond donors (Lipinski definition) is 1. The van der Waals surface area contributed by atoms with Crippen molar-refractivity contribution in [2.24, 2.45) is 5.92 Å². The molecule has 0 unspecified atom stereocenters. The van der Waals surface area contributed by atoms with Crippen LogP contribution < -0.4 is 5.32 Å². The van der Waals surface area contributed by atoms with Gasteiger partial charge in [0.1, 0.15) is 0 Å². The van der Waals surface area contributed by atoms with Crippen molar-refractivity contribution in [2.75, 3.05) is 19.4 Å². The van der Waals surface area contributed by atoms with E-state index in [9.17, 15) is 0 Å². The monoisotopic (exact) mass is 274 g/mol. The summed E-state index contributed by atoms with van der Waals surface area (Å²) in [5.41, 5.74) is 2.68. The Hall–Kier alpha value is -1.02. The smallest absolute Gasteiger partial charge is 0.0345 e. The fraction of sp³-hybridized carbons (Fsp3) is 0.667. The molecule has 0 radical (unpaired) electrons. The Morgan fingerprint density at radius 1 is 1.15 bits per heavy atom. The fourth-order valence-corrected chi connectivity index (χ4v) is 3.36. The minimum Gasteiger partial charge on any atom is -0.382 e. The number of nitrogens with zero attached hydrogens (tertiary/aromatic N) is 1. The van der Waals surface area contributed by atoms with Crippen molar-refractivity contribution in [1.82, 2.24) is 4.90 Å². The van der Waals surface area contributed by atoms with Gasteiger partial charge < -0.3 is 10.2 Å². The summed E-state index contributed by atoms with van der Waals surface area (Å²) in [4.78, 5) is 2.22. The molecule has 112 valence electrons. The van der Waals surface area contributed by atoms with Crippen molar-refractivity contribution in [1.29, 1.82) is 0 Å². The first-order valence-corrected chi connectivity index (χ1v) is 8.17. The van der Waals surface area contributed by atoms with Crippen LogP contribution in [0.5, 0.6) is 0 Å². The molecule has 2 nitrogen and oxygen atoms in total. The Morgan fingerprint density at radius 3 is 2.55 bits per heavy atom. The van der Waals surface area contributed by atoms with Gasteiger partial charge >= 0.3 is 0 Å². The van der Waals surface area contributed by atoms with Crippen LogP contribution in [0.15, 0.2) is 24.3 Å². The largest absolute Gasteiger partial charge is 0.382 e. The average molecular weight is 274 g/mol. The van der Waals surface area contributed by atoms with Crippen LogP contribution in [0.2, 0.25) is 0 Å². The maximum Gasteiger partial charge on any atom is 0.0345 e. The van der Waals surface area contributed by atoms with Crippen LogP contribution in [-0.2, 0) is 6.54 Å². The lowest BCUT2D eigenvalue weighted by molar-refractivity contribution is 0.319. The van der Waals surface area contributed by atoms with Crippen molar-refractivity contribution in [2.45, 2.75) is 58.0 Å². The first-order chi connectivity index (χ1) is 9.67. The van der Waals surface area contributed by atoms with Crippen molar-refractivity contribution in [3.8, 4) is 0 Å². The highest BCUT2D eigenvalue weighted by molar-refractivity contribution is 5.46. The van der Waals surface area contributed by atoms with Crippen molar-refractivity contribution in [3.05, 3.63) is 29.8 Å². The first-order valence-electron chi connectivity index (χ1n) is 8.17. The van der Waals surface area contributed by atoms with E-state index in [-0.39, 0.29) is 0 Å². The Bertz CT molecular complexity index is 392. The van der Waals surface area contributed by atoms with Gasteiger partial charge in [-0.3, -0.25) is 0 Å². The van der Waals surface area contributed by atoms with E-state index in [1.165, 1.54) is 49.8 Å². The molecule has 0 aliphatic heterocycles. The lowest BCUT2D eigenvalue weighted by Crippen LogP contribution is -2.26. The number of hydrogen-bond acceptors (Lipinski definition) is 2. The second-order valence-corrected chi connectivity index (χ2v) is 6.59. The maximum absolute atomic E-state index is 3.74. The quantitative estimate of drug-likeness (QED) is 0.820. The Labute approximate surface area is 124 Å². The van der Waals surface area contributed by atoms with Crippen LogP contribution >= 0.6 is 0 Å². The molecule has 2 rings (SSSR count). The molecule has 1 aliphatic carbocycles. The maximum atomic E-state index is 3.74. The van der Waals surface area contributed by atoms with Crippen LogP contribution in [0.4, 0.5) is 5.69 Å². The average Bonchev–Trinajstić information content (AvgIpc) is 2.41. The zero-order valence-electron chi connectivity index (χ0n) is 13.4. The second-order valence-electron chi connectivity index (χ2n) is 6.59. The summed E-state index contributed by atoms with van der Waals surface area (Å²) < 4.78 is 0. The third-order valence-electron chi connectivity index (χ3n) is 4.34.